The highest BCUT2D eigenvalue weighted by atomic mass is 16.4. The Bertz CT molecular complexity index is 345. The van der Waals surface area contributed by atoms with Crippen LogP contribution in [0.5, 0.6) is 0 Å². The number of carbonyl (C=O) groups excluding carboxylic acids is 1. The first-order valence-electron chi connectivity index (χ1n) is 6.19. The molecular formula is C12H20N2O3. The minimum atomic E-state index is -0.801. The van der Waals surface area contributed by atoms with Gasteiger partial charge in [0, 0.05) is 19.1 Å². The van der Waals surface area contributed by atoms with Crippen molar-refractivity contribution in [3.05, 3.63) is 0 Å². The normalized spacial score (nSPS) is 37.4. The summed E-state index contributed by atoms with van der Waals surface area (Å²) in [7, 11) is 0. The Morgan fingerprint density at radius 3 is 2.65 bits per heavy atom. The molecular weight excluding hydrogens is 220 g/mol. The van der Waals surface area contributed by atoms with Crippen molar-refractivity contribution in [3.63, 3.8) is 0 Å². The fourth-order valence-corrected chi connectivity index (χ4v) is 2.75. The Labute approximate surface area is 101 Å². The van der Waals surface area contributed by atoms with Gasteiger partial charge in [-0.25, -0.2) is 0 Å². The molecule has 2 heterocycles. The van der Waals surface area contributed by atoms with Gasteiger partial charge in [0.2, 0.25) is 5.91 Å². The van der Waals surface area contributed by atoms with Crippen molar-refractivity contribution in [1.82, 2.24) is 10.2 Å². The van der Waals surface area contributed by atoms with Crippen LogP contribution in [0.15, 0.2) is 0 Å². The summed E-state index contributed by atoms with van der Waals surface area (Å²) in [6.07, 6.45) is 1.42. The molecule has 0 aliphatic carbocycles. The van der Waals surface area contributed by atoms with E-state index in [9.17, 15) is 9.59 Å². The van der Waals surface area contributed by atoms with Gasteiger partial charge >= 0.3 is 5.97 Å². The molecule has 2 aliphatic heterocycles. The van der Waals surface area contributed by atoms with Crippen LogP contribution >= 0.6 is 0 Å². The number of hydrogen-bond acceptors (Lipinski definition) is 3. The first-order chi connectivity index (χ1) is 7.94. The second-order valence-corrected chi connectivity index (χ2v) is 5.51. The van der Waals surface area contributed by atoms with E-state index in [0.29, 0.717) is 19.5 Å². The predicted octanol–water partition coefficient (Wildman–Crippen LogP) is 0.308. The molecule has 2 saturated heterocycles. The third-order valence-electron chi connectivity index (χ3n) is 4.14. The molecule has 0 bridgehead atoms. The number of amides is 1. The Morgan fingerprint density at radius 2 is 2.18 bits per heavy atom. The van der Waals surface area contributed by atoms with Crippen molar-refractivity contribution < 1.29 is 14.7 Å². The van der Waals surface area contributed by atoms with Gasteiger partial charge in [-0.15, -0.1) is 0 Å². The van der Waals surface area contributed by atoms with E-state index in [1.807, 2.05) is 6.92 Å². The van der Waals surface area contributed by atoms with Crippen molar-refractivity contribution in [2.45, 2.75) is 32.7 Å². The monoisotopic (exact) mass is 240 g/mol. The lowest BCUT2D eigenvalue weighted by Gasteiger charge is -2.24. The van der Waals surface area contributed by atoms with Gasteiger partial charge in [0.05, 0.1) is 11.3 Å². The Morgan fingerprint density at radius 1 is 1.47 bits per heavy atom. The van der Waals surface area contributed by atoms with E-state index >= 15 is 0 Å². The van der Waals surface area contributed by atoms with Crippen LogP contribution in [0.1, 0.15) is 26.7 Å². The molecule has 1 amide bonds. The molecule has 2 fully saturated rings. The molecule has 0 saturated carbocycles. The number of rotatable bonds is 2. The number of carboxylic acid groups (broad SMARTS) is 1. The molecule has 96 valence electrons. The van der Waals surface area contributed by atoms with Gasteiger partial charge in [-0.05, 0) is 33.2 Å². The van der Waals surface area contributed by atoms with Crippen LogP contribution < -0.4 is 5.32 Å². The van der Waals surface area contributed by atoms with Crippen LogP contribution in [0.4, 0.5) is 0 Å². The van der Waals surface area contributed by atoms with Crippen molar-refractivity contribution in [2.24, 2.45) is 11.3 Å². The summed E-state index contributed by atoms with van der Waals surface area (Å²) in [6.45, 7) is 5.54. The molecule has 0 aromatic heterocycles. The van der Waals surface area contributed by atoms with E-state index in [2.05, 4.69) is 5.32 Å². The zero-order valence-electron chi connectivity index (χ0n) is 10.4. The van der Waals surface area contributed by atoms with Crippen molar-refractivity contribution in [1.29, 1.82) is 0 Å². The fraction of sp³-hybridized carbons (Fsp3) is 0.833. The number of aliphatic carboxylic acids is 1. The van der Waals surface area contributed by atoms with E-state index in [1.54, 1.807) is 11.8 Å². The summed E-state index contributed by atoms with van der Waals surface area (Å²) in [5.74, 6) is -0.663. The number of likely N-dealkylation sites (tertiary alicyclic amines) is 1. The fourth-order valence-electron chi connectivity index (χ4n) is 2.75. The second kappa shape index (κ2) is 4.29. The average Bonchev–Trinajstić information content (AvgIpc) is 2.85. The van der Waals surface area contributed by atoms with E-state index in [4.69, 9.17) is 5.11 Å². The first kappa shape index (κ1) is 12.4. The van der Waals surface area contributed by atoms with Crippen LogP contribution in [0.3, 0.4) is 0 Å². The molecule has 17 heavy (non-hydrogen) atoms. The van der Waals surface area contributed by atoms with Crippen LogP contribution in [-0.4, -0.2) is 47.6 Å². The van der Waals surface area contributed by atoms with Crippen molar-refractivity contribution in [3.8, 4) is 0 Å². The largest absolute Gasteiger partial charge is 0.481 e. The van der Waals surface area contributed by atoms with E-state index in [0.717, 1.165) is 13.0 Å². The summed E-state index contributed by atoms with van der Waals surface area (Å²) < 4.78 is 0. The molecule has 2 N–H and O–H groups in total. The third-order valence-corrected chi connectivity index (χ3v) is 4.14. The van der Waals surface area contributed by atoms with Gasteiger partial charge in [-0.3, -0.25) is 9.59 Å². The van der Waals surface area contributed by atoms with Crippen molar-refractivity contribution >= 4 is 11.9 Å². The van der Waals surface area contributed by atoms with Crippen LogP contribution in [0.25, 0.3) is 0 Å². The summed E-state index contributed by atoms with van der Waals surface area (Å²) >= 11 is 0. The number of carbonyl (C=O) groups is 2. The molecule has 3 unspecified atom stereocenters. The van der Waals surface area contributed by atoms with Crippen molar-refractivity contribution in [2.75, 3.05) is 19.6 Å². The standard InChI is InChI=1S/C12H20N2O3/c1-8-9(3-5-13-8)10(15)14-6-4-12(2,7-14)11(16)17/h8-9,13H,3-7H2,1-2H3,(H,16,17). The molecule has 0 spiro atoms. The maximum atomic E-state index is 12.3. The predicted molar refractivity (Wildman–Crippen MR) is 62.5 cm³/mol. The third kappa shape index (κ3) is 2.16. The molecule has 5 heteroatoms. The lowest BCUT2D eigenvalue weighted by Crippen LogP contribution is -2.41. The first-order valence-corrected chi connectivity index (χ1v) is 6.19. The van der Waals surface area contributed by atoms with Gasteiger partial charge in [0.15, 0.2) is 0 Å². The number of hydrogen-bond donors (Lipinski definition) is 2. The average molecular weight is 240 g/mol. The summed E-state index contributed by atoms with van der Waals surface area (Å²) in [6, 6.07) is 0.208. The van der Waals surface area contributed by atoms with E-state index < -0.39 is 11.4 Å². The summed E-state index contributed by atoms with van der Waals surface area (Å²) in [5, 5.41) is 12.4. The number of nitrogens with zero attached hydrogens (tertiary/aromatic N) is 1. The highest BCUT2D eigenvalue weighted by Gasteiger charge is 2.44. The molecule has 0 aromatic carbocycles. The Hall–Kier alpha value is -1.10. The number of carboxylic acids is 1. The zero-order valence-corrected chi connectivity index (χ0v) is 10.4. The minimum Gasteiger partial charge on any atom is -0.481 e. The van der Waals surface area contributed by atoms with Gasteiger partial charge < -0.3 is 15.3 Å². The molecule has 2 aliphatic rings. The highest BCUT2D eigenvalue weighted by Crippen LogP contribution is 2.32. The SMILES string of the molecule is CC1NCCC1C(=O)N1CCC(C)(C(=O)O)C1. The lowest BCUT2D eigenvalue weighted by atomic mass is 9.90. The smallest absolute Gasteiger partial charge is 0.311 e. The highest BCUT2D eigenvalue weighted by molar-refractivity contribution is 5.82. The Balaban J connectivity index is 2.01. The molecule has 5 nitrogen and oxygen atoms in total. The van der Waals surface area contributed by atoms with Crippen LogP contribution in [0.2, 0.25) is 0 Å². The van der Waals surface area contributed by atoms with Gasteiger partial charge in [0.25, 0.3) is 0 Å². The lowest BCUT2D eigenvalue weighted by molar-refractivity contribution is -0.147. The minimum absolute atomic E-state index is 0.0196. The van der Waals surface area contributed by atoms with E-state index in [-0.39, 0.29) is 17.9 Å². The molecule has 0 radical (unpaired) electrons. The van der Waals surface area contributed by atoms with Crippen LogP contribution in [0, 0.1) is 11.3 Å². The maximum Gasteiger partial charge on any atom is 0.311 e. The Kier molecular flexibility index (Phi) is 3.12. The van der Waals surface area contributed by atoms with Crippen LogP contribution in [-0.2, 0) is 9.59 Å². The van der Waals surface area contributed by atoms with Gasteiger partial charge in [-0.2, -0.15) is 0 Å². The zero-order chi connectivity index (χ0) is 12.6. The second-order valence-electron chi connectivity index (χ2n) is 5.51. The molecule has 2 rings (SSSR count). The van der Waals surface area contributed by atoms with Gasteiger partial charge in [-0.1, -0.05) is 0 Å². The quantitative estimate of drug-likeness (QED) is 0.728. The maximum absolute atomic E-state index is 12.3. The molecule has 3 atom stereocenters. The summed E-state index contributed by atoms with van der Waals surface area (Å²) in [5.41, 5.74) is -0.759. The van der Waals surface area contributed by atoms with E-state index in [1.165, 1.54) is 0 Å². The molecule has 0 aromatic rings. The number of nitrogens with one attached hydrogen (secondary N) is 1. The van der Waals surface area contributed by atoms with Gasteiger partial charge in [0.1, 0.15) is 0 Å². The topological polar surface area (TPSA) is 69.6 Å². The summed E-state index contributed by atoms with van der Waals surface area (Å²) in [4.78, 5) is 25.1.